The zero-order chi connectivity index (χ0) is 11.0. The molecule has 2 nitrogen and oxygen atoms in total. The Balaban J connectivity index is 2.62. The van der Waals surface area contributed by atoms with Crippen LogP contribution in [0.4, 0.5) is 0 Å². The fourth-order valence-corrected chi connectivity index (χ4v) is 2.71. The molecule has 1 rings (SSSR count). The molecular formula is C12H25NO. The molecule has 0 aromatic carbocycles. The van der Waals surface area contributed by atoms with Crippen LogP contribution in [0.5, 0.6) is 0 Å². The highest BCUT2D eigenvalue weighted by Crippen LogP contribution is 2.30. The molecule has 0 aromatic heterocycles. The first-order chi connectivity index (χ1) is 6.20. The van der Waals surface area contributed by atoms with E-state index in [9.17, 15) is 0 Å². The van der Waals surface area contributed by atoms with Gasteiger partial charge in [0, 0.05) is 11.1 Å². The van der Waals surface area contributed by atoms with Crippen molar-refractivity contribution in [2.45, 2.75) is 77.7 Å². The monoisotopic (exact) mass is 199 g/mol. The summed E-state index contributed by atoms with van der Waals surface area (Å²) in [6, 6.07) is 0. The third kappa shape index (κ3) is 3.58. The lowest BCUT2D eigenvalue weighted by Crippen LogP contribution is -2.59. The van der Waals surface area contributed by atoms with Crippen molar-refractivity contribution in [2.75, 3.05) is 0 Å². The van der Waals surface area contributed by atoms with Gasteiger partial charge in [-0.2, -0.15) is 0 Å². The molecule has 2 heteroatoms. The van der Waals surface area contributed by atoms with Crippen LogP contribution in [0.25, 0.3) is 0 Å². The second-order valence-corrected chi connectivity index (χ2v) is 6.11. The number of piperidine rings is 1. The predicted octanol–water partition coefficient (Wildman–Crippen LogP) is 2.72. The number of hydrogen-bond acceptors (Lipinski definition) is 2. The molecule has 0 aromatic rings. The van der Waals surface area contributed by atoms with E-state index in [-0.39, 0.29) is 11.1 Å². The maximum absolute atomic E-state index is 5.92. The summed E-state index contributed by atoms with van der Waals surface area (Å²) >= 11 is 0. The van der Waals surface area contributed by atoms with Gasteiger partial charge in [0.15, 0.2) is 0 Å². The van der Waals surface area contributed by atoms with Gasteiger partial charge in [-0.05, 0) is 54.4 Å². The Hall–Kier alpha value is -0.0800. The predicted molar refractivity (Wildman–Crippen MR) is 60.5 cm³/mol. The Morgan fingerprint density at radius 2 is 1.50 bits per heavy atom. The molecule has 1 heterocycles. The summed E-state index contributed by atoms with van der Waals surface area (Å²) < 4.78 is 5.92. The molecule has 84 valence electrons. The van der Waals surface area contributed by atoms with Gasteiger partial charge >= 0.3 is 0 Å². The summed E-state index contributed by atoms with van der Waals surface area (Å²) in [5.74, 6) is 0. The standard InChI is InChI=1S/C12H25NO/c1-9(2)14-10-7-11(3,4)13-12(5,6)8-10/h9-10,13H,7-8H2,1-6H3. The number of rotatable bonds is 2. The quantitative estimate of drug-likeness (QED) is 0.738. The van der Waals surface area contributed by atoms with Crippen molar-refractivity contribution in [2.24, 2.45) is 0 Å². The third-order valence-corrected chi connectivity index (χ3v) is 2.62. The molecule has 1 saturated heterocycles. The highest BCUT2D eigenvalue weighted by atomic mass is 16.5. The number of hydrogen-bond donors (Lipinski definition) is 1. The largest absolute Gasteiger partial charge is 0.375 e. The van der Waals surface area contributed by atoms with Crippen LogP contribution in [-0.4, -0.2) is 23.3 Å². The molecular weight excluding hydrogens is 174 g/mol. The van der Waals surface area contributed by atoms with E-state index >= 15 is 0 Å². The van der Waals surface area contributed by atoms with Gasteiger partial charge in [0.2, 0.25) is 0 Å². The van der Waals surface area contributed by atoms with E-state index in [4.69, 9.17) is 4.74 Å². The van der Waals surface area contributed by atoms with Crippen molar-refractivity contribution in [3.05, 3.63) is 0 Å². The number of nitrogens with one attached hydrogen (secondary N) is 1. The topological polar surface area (TPSA) is 21.3 Å². The van der Waals surface area contributed by atoms with Crippen molar-refractivity contribution in [1.29, 1.82) is 0 Å². The van der Waals surface area contributed by atoms with Crippen LogP contribution in [0, 0.1) is 0 Å². The van der Waals surface area contributed by atoms with Crippen LogP contribution < -0.4 is 5.32 Å². The Bertz CT molecular complexity index is 180. The van der Waals surface area contributed by atoms with Gasteiger partial charge < -0.3 is 10.1 Å². The van der Waals surface area contributed by atoms with E-state index in [1.54, 1.807) is 0 Å². The smallest absolute Gasteiger partial charge is 0.0613 e. The molecule has 1 aliphatic rings. The molecule has 1 aliphatic heterocycles. The summed E-state index contributed by atoms with van der Waals surface area (Å²) in [6.07, 6.45) is 2.95. The van der Waals surface area contributed by atoms with Crippen LogP contribution in [0.2, 0.25) is 0 Å². The van der Waals surface area contributed by atoms with E-state index in [2.05, 4.69) is 46.9 Å². The van der Waals surface area contributed by atoms with Gasteiger partial charge in [-0.15, -0.1) is 0 Å². The molecule has 1 N–H and O–H groups in total. The van der Waals surface area contributed by atoms with Crippen LogP contribution >= 0.6 is 0 Å². The molecule has 0 spiro atoms. The summed E-state index contributed by atoms with van der Waals surface area (Å²) in [4.78, 5) is 0. The fraction of sp³-hybridized carbons (Fsp3) is 1.00. The van der Waals surface area contributed by atoms with Crippen molar-refractivity contribution < 1.29 is 4.74 Å². The van der Waals surface area contributed by atoms with Gasteiger partial charge in [-0.1, -0.05) is 0 Å². The Morgan fingerprint density at radius 3 is 1.86 bits per heavy atom. The molecule has 0 aliphatic carbocycles. The lowest BCUT2D eigenvalue weighted by molar-refractivity contribution is -0.0505. The second-order valence-electron chi connectivity index (χ2n) is 6.11. The van der Waals surface area contributed by atoms with Gasteiger partial charge in [-0.3, -0.25) is 0 Å². The van der Waals surface area contributed by atoms with Gasteiger partial charge in [0.1, 0.15) is 0 Å². The van der Waals surface area contributed by atoms with Crippen molar-refractivity contribution in [1.82, 2.24) is 5.32 Å². The first kappa shape index (κ1) is 12.0. The number of ether oxygens (including phenoxy) is 1. The molecule has 14 heavy (non-hydrogen) atoms. The molecule has 0 unspecified atom stereocenters. The Kier molecular flexibility index (Phi) is 3.27. The van der Waals surface area contributed by atoms with Crippen molar-refractivity contribution in [3.8, 4) is 0 Å². The zero-order valence-electron chi connectivity index (χ0n) is 10.5. The highest BCUT2D eigenvalue weighted by molar-refractivity contribution is 4.97. The van der Waals surface area contributed by atoms with Crippen LogP contribution in [0.3, 0.4) is 0 Å². The minimum Gasteiger partial charge on any atom is -0.375 e. The first-order valence-electron chi connectivity index (χ1n) is 5.65. The minimum absolute atomic E-state index is 0.196. The maximum Gasteiger partial charge on any atom is 0.0613 e. The van der Waals surface area contributed by atoms with Crippen LogP contribution in [0.1, 0.15) is 54.4 Å². The van der Waals surface area contributed by atoms with E-state index in [0.717, 1.165) is 12.8 Å². The summed E-state index contributed by atoms with van der Waals surface area (Å²) in [7, 11) is 0. The van der Waals surface area contributed by atoms with E-state index < -0.39 is 0 Å². The summed E-state index contributed by atoms with van der Waals surface area (Å²) in [5, 5.41) is 3.66. The molecule has 0 radical (unpaired) electrons. The van der Waals surface area contributed by atoms with E-state index in [0.29, 0.717) is 12.2 Å². The summed E-state index contributed by atoms with van der Waals surface area (Å²) in [5.41, 5.74) is 0.391. The van der Waals surface area contributed by atoms with E-state index in [1.165, 1.54) is 0 Å². The highest BCUT2D eigenvalue weighted by Gasteiger charge is 2.38. The van der Waals surface area contributed by atoms with Gasteiger partial charge in [0.25, 0.3) is 0 Å². The molecule has 0 bridgehead atoms. The normalized spacial score (nSPS) is 26.8. The second kappa shape index (κ2) is 3.82. The van der Waals surface area contributed by atoms with Crippen LogP contribution in [0.15, 0.2) is 0 Å². The molecule has 0 saturated carbocycles. The average molecular weight is 199 g/mol. The maximum atomic E-state index is 5.92. The van der Waals surface area contributed by atoms with Crippen molar-refractivity contribution >= 4 is 0 Å². The summed E-state index contributed by atoms with van der Waals surface area (Å²) in [6.45, 7) is 13.2. The molecule has 1 fully saturated rings. The lowest BCUT2D eigenvalue weighted by Gasteiger charge is -2.46. The lowest BCUT2D eigenvalue weighted by atomic mass is 9.81. The SMILES string of the molecule is CC(C)OC1CC(C)(C)NC(C)(C)C1. The molecule has 0 atom stereocenters. The average Bonchev–Trinajstić information content (AvgIpc) is 1.74. The van der Waals surface area contributed by atoms with E-state index in [1.807, 2.05) is 0 Å². The minimum atomic E-state index is 0.196. The third-order valence-electron chi connectivity index (χ3n) is 2.62. The Labute approximate surface area is 88.4 Å². The fourth-order valence-electron chi connectivity index (χ4n) is 2.71. The molecule has 0 amide bonds. The van der Waals surface area contributed by atoms with Gasteiger partial charge in [-0.25, -0.2) is 0 Å². The van der Waals surface area contributed by atoms with Crippen molar-refractivity contribution in [3.63, 3.8) is 0 Å². The Morgan fingerprint density at radius 1 is 1.07 bits per heavy atom. The van der Waals surface area contributed by atoms with Crippen LogP contribution in [-0.2, 0) is 4.74 Å². The zero-order valence-corrected chi connectivity index (χ0v) is 10.5. The first-order valence-corrected chi connectivity index (χ1v) is 5.65. The van der Waals surface area contributed by atoms with Gasteiger partial charge in [0.05, 0.1) is 12.2 Å².